The van der Waals surface area contributed by atoms with E-state index in [2.05, 4.69) is 17.3 Å². The highest BCUT2D eigenvalue weighted by Crippen LogP contribution is 2.22. The Labute approximate surface area is 109 Å². The number of likely N-dealkylation sites (N-methyl/N-ethyl adjacent to an activating group) is 1. The van der Waals surface area contributed by atoms with E-state index >= 15 is 0 Å². The van der Waals surface area contributed by atoms with Crippen molar-refractivity contribution >= 4 is 11.6 Å². The largest absolute Gasteiger partial charge is 0.381 e. The molecule has 2 heterocycles. The molecule has 2 aliphatic heterocycles. The van der Waals surface area contributed by atoms with Crippen molar-refractivity contribution in [3.63, 3.8) is 0 Å². The normalized spacial score (nSPS) is 30.4. The molecule has 0 amide bonds. The lowest BCUT2D eigenvalue weighted by molar-refractivity contribution is -0.0267. The lowest BCUT2D eigenvalue weighted by Gasteiger charge is -2.39. The SMILES string of the molecule is CN1CCOC(CNC2(CCl)CCOCC2)C1. The number of hydrogen-bond acceptors (Lipinski definition) is 4. The van der Waals surface area contributed by atoms with E-state index in [4.69, 9.17) is 21.1 Å². The van der Waals surface area contributed by atoms with Gasteiger partial charge >= 0.3 is 0 Å². The van der Waals surface area contributed by atoms with E-state index in [1.54, 1.807) is 0 Å². The Morgan fingerprint density at radius 2 is 2.12 bits per heavy atom. The molecule has 1 atom stereocenters. The van der Waals surface area contributed by atoms with Gasteiger partial charge in [0.1, 0.15) is 0 Å². The zero-order valence-electron chi connectivity index (χ0n) is 10.6. The van der Waals surface area contributed by atoms with Crippen molar-refractivity contribution in [1.29, 1.82) is 0 Å². The van der Waals surface area contributed by atoms with E-state index in [0.29, 0.717) is 5.88 Å². The summed E-state index contributed by atoms with van der Waals surface area (Å²) in [5, 5.41) is 3.61. The van der Waals surface area contributed by atoms with Crippen LogP contribution in [0.2, 0.25) is 0 Å². The third-order valence-corrected chi connectivity index (χ3v) is 4.26. The molecule has 1 N–H and O–H groups in total. The van der Waals surface area contributed by atoms with Gasteiger partial charge in [-0.1, -0.05) is 0 Å². The highest BCUT2D eigenvalue weighted by atomic mass is 35.5. The number of alkyl halides is 1. The van der Waals surface area contributed by atoms with E-state index in [1.807, 2.05) is 0 Å². The van der Waals surface area contributed by atoms with E-state index < -0.39 is 0 Å². The van der Waals surface area contributed by atoms with Gasteiger partial charge in [-0.25, -0.2) is 0 Å². The molecule has 4 nitrogen and oxygen atoms in total. The van der Waals surface area contributed by atoms with Crippen LogP contribution in [0, 0.1) is 0 Å². The molecule has 17 heavy (non-hydrogen) atoms. The second kappa shape index (κ2) is 6.34. The molecule has 0 saturated carbocycles. The van der Waals surface area contributed by atoms with E-state index in [9.17, 15) is 0 Å². The van der Waals surface area contributed by atoms with Gasteiger partial charge in [0.25, 0.3) is 0 Å². The fourth-order valence-corrected chi connectivity index (χ4v) is 2.80. The summed E-state index contributed by atoms with van der Waals surface area (Å²) in [6.07, 6.45) is 2.29. The molecule has 1 unspecified atom stereocenters. The fourth-order valence-electron chi connectivity index (χ4n) is 2.44. The molecule has 2 aliphatic rings. The van der Waals surface area contributed by atoms with Crippen LogP contribution in [0.3, 0.4) is 0 Å². The van der Waals surface area contributed by atoms with E-state index in [-0.39, 0.29) is 11.6 Å². The Bertz CT molecular complexity index is 235. The summed E-state index contributed by atoms with van der Waals surface area (Å²) in [4.78, 5) is 2.31. The van der Waals surface area contributed by atoms with Crippen LogP contribution in [0.1, 0.15) is 12.8 Å². The smallest absolute Gasteiger partial charge is 0.0826 e. The molecule has 5 heteroatoms. The Morgan fingerprint density at radius 3 is 2.76 bits per heavy atom. The second-order valence-electron chi connectivity index (χ2n) is 5.16. The number of morpholine rings is 1. The van der Waals surface area contributed by atoms with Gasteiger partial charge in [-0.2, -0.15) is 0 Å². The zero-order valence-corrected chi connectivity index (χ0v) is 11.3. The summed E-state index contributed by atoms with van der Waals surface area (Å²) in [6.45, 7) is 5.38. The highest BCUT2D eigenvalue weighted by molar-refractivity contribution is 6.18. The van der Waals surface area contributed by atoms with Gasteiger partial charge in [0.15, 0.2) is 0 Å². The van der Waals surface area contributed by atoms with Gasteiger partial charge in [-0.3, -0.25) is 0 Å². The van der Waals surface area contributed by atoms with Crippen molar-refractivity contribution < 1.29 is 9.47 Å². The Hall–Kier alpha value is 0.130. The average Bonchev–Trinajstić information content (AvgIpc) is 2.38. The molecule has 0 aromatic rings. The lowest BCUT2D eigenvalue weighted by atomic mass is 9.92. The monoisotopic (exact) mass is 262 g/mol. The first-order valence-corrected chi connectivity index (χ1v) is 6.96. The molecule has 2 fully saturated rings. The molecular formula is C12H23ClN2O2. The first kappa shape index (κ1) is 13.6. The van der Waals surface area contributed by atoms with Gasteiger partial charge in [0, 0.05) is 44.3 Å². The van der Waals surface area contributed by atoms with Crippen LogP contribution in [0.15, 0.2) is 0 Å². The predicted octanol–water partition coefficient (Wildman–Crippen LogP) is 0.695. The van der Waals surface area contributed by atoms with Crippen LogP contribution in [-0.4, -0.2) is 68.9 Å². The molecule has 2 rings (SSSR count). The van der Waals surface area contributed by atoms with Crippen molar-refractivity contribution in [2.75, 3.05) is 52.4 Å². The van der Waals surface area contributed by atoms with Gasteiger partial charge in [-0.05, 0) is 19.9 Å². The van der Waals surface area contributed by atoms with Crippen LogP contribution in [0.5, 0.6) is 0 Å². The van der Waals surface area contributed by atoms with Gasteiger partial charge in [0.05, 0.1) is 12.7 Å². The molecule has 0 radical (unpaired) electrons. The summed E-state index contributed by atoms with van der Waals surface area (Å²) in [5.74, 6) is 0.652. The predicted molar refractivity (Wildman–Crippen MR) is 68.7 cm³/mol. The summed E-state index contributed by atoms with van der Waals surface area (Å²) < 4.78 is 11.1. The first-order chi connectivity index (χ1) is 8.24. The van der Waals surface area contributed by atoms with Crippen LogP contribution < -0.4 is 5.32 Å². The summed E-state index contributed by atoms with van der Waals surface area (Å²) >= 11 is 6.11. The quantitative estimate of drug-likeness (QED) is 0.756. The van der Waals surface area contributed by atoms with Crippen molar-refractivity contribution in [3.05, 3.63) is 0 Å². The number of rotatable bonds is 4. The fraction of sp³-hybridized carbons (Fsp3) is 1.00. The number of nitrogens with zero attached hydrogens (tertiary/aromatic N) is 1. The van der Waals surface area contributed by atoms with Gasteiger partial charge in [-0.15, -0.1) is 11.6 Å². The standard InChI is InChI=1S/C12H23ClN2O2/c1-15-4-7-17-11(9-15)8-14-12(10-13)2-5-16-6-3-12/h11,14H,2-10H2,1H3. The lowest BCUT2D eigenvalue weighted by Crippen LogP contribution is -2.55. The van der Waals surface area contributed by atoms with Crippen molar-refractivity contribution in [3.8, 4) is 0 Å². The van der Waals surface area contributed by atoms with Crippen molar-refractivity contribution in [2.24, 2.45) is 0 Å². The minimum absolute atomic E-state index is 0.0547. The molecule has 0 aromatic carbocycles. The van der Waals surface area contributed by atoms with Crippen LogP contribution >= 0.6 is 11.6 Å². The van der Waals surface area contributed by atoms with Gasteiger partial charge in [0.2, 0.25) is 0 Å². The minimum Gasteiger partial charge on any atom is -0.381 e. The third-order valence-electron chi connectivity index (χ3n) is 3.75. The van der Waals surface area contributed by atoms with E-state index in [1.165, 1.54) is 0 Å². The Morgan fingerprint density at radius 1 is 1.35 bits per heavy atom. The maximum absolute atomic E-state index is 6.11. The molecule has 0 bridgehead atoms. The molecule has 0 spiro atoms. The van der Waals surface area contributed by atoms with Crippen molar-refractivity contribution in [1.82, 2.24) is 10.2 Å². The van der Waals surface area contributed by atoms with Crippen LogP contribution in [-0.2, 0) is 9.47 Å². The molecular weight excluding hydrogens is 240 g/mol. The van der Waals surface area contributed by atoms with Crippen molar-refractivity contribution in [2.45, 2.75) is 24.5 Å². The van der Waals surface area contributed by atoms with Gasteiger partial charge < -0.3 is 19.7 Å². The summed E-state index contributed by atoms with van der Waals surface area (Å²) in [5.41, 5.74) is 0.0547. The number of nitrogens with one attached hydrogen (secondary N) is 1. The van der Waals surface area contributed by atoms with Crippen LogP contribution in [0.25, 0.3) is 0 Å². The summed E-state index contributed by atoms with van der Waals surface area (Å²) in [6, 6.07) is 0. The average molecular weight is 263 g/mol. The summed E-state index contributed by atoms with van der Waals surface area (Å²) in [7, 11) is 2.14. The molecule has 100 valence electrons. The van der Waals surface area contributed by atoms with Crippen LogP contribution in [0.4, 0.5) is 0 Å². The number of halogens is 1. The molecule has 0 aromatic heterocycles. The van der Waals surface area contributed by atoms with E-state index in [0.717, 1.165) is 52.3 Å². The Kier molecular flexibility index (Phi) is 5.06. The topological polar surface area (TPSA) is 33.7 Å². The first-order valence-electron chi connectivity index (χ1n) is 6.43. The Balaban J connectivity index is 1.78. The number of hydrogen-bond donors (Lipinski definition) is 1. The molecule has 2 saturated heterocycles. The molecule has 0 aliphatic carbocycles. The second-order valence-corrected chi connectivity index (χ2v) is 5.43. The number of ether oxygens (including phenoxy) is 2. The third kappa shape index (κ3) is 3.80. The minimum atomic E-state index is 0.0547. The maximum atomic E-state index is 6.11. The maximum Gasteiger partial charge on any atom is 0.0826 e. The zero-order chi connectivity index (χ0) is 12.1. The highest BCUT2D eigenvalue weighted by Gasteiger charge is 2.32.